The molecule has 0 aliphatic heterocycles. The average molecular weight is 297 g/mol. The molecule has 0 N–H and O–H groups in total. The van der Waals surface area contributed by atoms with Gasteiger partial charge in [0.1, 0.15) is 11.6 Å². The topological polar surface area (TPSA) is 40.9 Å². The Kier molecular flexibility index (Phi) is 4.87. The maximum absolute atomic E-state index is 13.7. The van der Waals surface area contributed by atoms with Crippen molar-refractivity contribution in [3.05, 3.63) is 29.8 Å². The Morgan fingerprint density at radius 2 is 2.15 bits per heavy atom. The Balaban J connectivity index is 2.27. The highest BCUT2D eigenvalue weighted by Gasteiger charge is 2.35. The van der Waals surface area contributed by atoms with E-state index in [0.717, 1.165) is 25.0 Å². The van der Waals surface area contributed by atoms with E-state index in [-0.39, 0.29) is 16.1 Å². The van der Waals surface area contributed by atoms with Gasteiger partial charge in [-0.25, -0.2) is 8.78 Å². The summed E-state index contributed by atoms with van der Waals surface area (Å²) < 4.78 is 39.2. The van der Waals surface area contributed by atoms with Gasteiger partial charge in [-0.1, -0.05) is 13.3 Å². The second-order valence-electron chi connectivity index (χ2n) is 5.23. The number of hydrogen-bond acceptors (Lipinski definition) is 2. The number of halogens is 2. The molecule has 0 bridgehead atoms. The highest BCUT2D eigenvalue weighted by atomic mass is 32.2. The molecule has 0 heterocycles. The maximum atomic E-state index is 13.7. The SMILES string of the molecule is CCC1CCC(C#N)C(S(=O)c2ccc(F)cc2F)C1. The third kappa shape index (κ3) is 3.06. The van der Waals surface area contributed by atoms with Gasteiger partial charge in [-0.2, -0.15) is 5.26 Å². The van der Waals surface area contributed by atoms with Gasteiger partial charge in [-0.3, -0.25) is 4.21 Å². The van der Waals surface area contributed by atoms with Crippen molar-refractivity contribution in [2.45, 2.75) is 42.8 Å². The number of hydrogen-bond donors (Lipinski definition) is 0. The molecule has 2 rings (SSSR count). The lowest BCUT2D eigenvalue weighted by atomic mass is 9.81. The van der Waals surface area contributed by atoms with Crippen molar-refractivity contribution in [2.75, 3.05) is 0 Å². The minimum absolute atomic E-state index is 0.00778. The van der Waals surface area contributed by atoms with Gasteiger partial charge in [0.15, 0.2) is 0 Å². The molecule has 0 amide bonds. The van der Waals surface area contributed by atoms with Gasteiger partial charge in [-0.05, 0) is 37.3 Å². The third-order valence-electron chi connectivity index (χ3n) is 4.03. The van der Waals surface area contributed by atoms with Crippen LogP contribution in [-0.4, -0.2) is 9.46 Å². The van der Waals surface area contributed by atoms with Crippen LogP contribution in [0.2, 0.25) is 0 Å². The fourth-order valence-electron chi connectivity index (χ4n) is 2.77. The second kappa shape index (κ2) is 6.45. The molecule has 5 heteroatoms. The summed E-state index contributed by atoms with van der Waals surface area (Å²) in [7, 11) is -1.61. The molecule has 1 aromatic rings. The standard InChI is InChI=1S/C15H17F2NOS/c1-2-10-3-4-11(9-18)15(7-10)20(19)14-6-5-12(16)8-13(14)17/h5-6,8,10-11,15H,2-4,7H2,1H3. The molecule has 1 aliphatic rings. The van der Waals surface area contributed by atoms with Crippen LogP contribution in [0.25, 0.3) is 0 Å². The molecule has 0 spiro atoms. The molecule has 1 aromatic carbocycles. The zero-order chi connectivity index (χ0) is 14.7. The Hall–Kier alpha value is -1.28. The fourth-order valence-corrected chi connectivity index (χ4v) is 4.49. The molecule has 2 nitrogen and oxygen atoms in total. The van der Waals surface area contributed by atoms with Gasteiger partial charge in [-0.15, -0.1) is 0 Å². The van der Waals surface area contributed by atoms with Crippen molar-refractivity contribution < 1.29 is 13.0 Å². The van der Waals surface area contributed by atoms with Crippen LogP contribution in [-0.2, 0) is 10.8 Å². The highest BCUT2D eigenvalue weighted by molar-refractivity contribution is 7.85. The fraction of sp³-hybridized carbons (Fsp3) is 0.533. The summed E-state index contributed by atoms with van der Waals surface area (Å²) in [6.45, 7) is 2.07. The van der Waals surface area contributed by atoms with E-state index in [0.29, 0.717) is 18.8 Å². The Labute approximate surface area is 120 Å². The van der Waals surface area contributed by atoms with Crippen molar-refractivity contribution in [3.8, 4) is 6.07 Å². The summed E-state index contributed by atoms with van der Waals surface area (Å²) in [5.74, 6) is -1.37. The van der Waals surface area contributed by atoms with Gasteiger partial charge in [0.05, 0.1) is 32.9 Å². The number of nitriles is 1. The summed E-state index contributed by atoms with van der Waals surface area (Å²) >= 11 is 0. The first-order valence-corrected chi connectivity index (χ1v) is 8.03. The van der Waals surface area contributed by atoms with Gasteiger partial charge in [0, 0.05) is 6.07 Å². The molecule has 0 saturated heterocycles. The first-order chi connectivity index (χ1) is 9.56. The van der Waals surface area contributed by atoms with E-state index in [9.17, 15) is 18.3 Å². The largest absolute Gasteiger partial charge is 0.254 e. The van der Waals surface area contributed by atoms with E-state index < -0.39 is 22.4 Å². The molecular formula is C15H17F2NOS. The molecule has 108 valence electrons. The molecule has 4 unspecified atom stereocenters. The van der Waals surface area contributed by atoms with Crippen molar-refractivity contribution in [2.24, 2.45) is 11.8 Å². The van der Waals surface area contributed by atoms with Gasteiger partial charge < -0.3 is 0 Å². The van der Waals surface area contributed by atoms with E-state index in [2.05, 4.69) is 13.0 Å². The molecule has 0 radical (unpaired) electrons. The van der Waals surface area contributed by atoms with Crippen molar-refractivity contribution >= 4 is 10.8 Å². The number of nitrogens with zero attached hydrogens (tertiary/aromatic N) is 1. The van der Waals surface area contributed by atoms with Crippen molar-refractivity contribution in [3.63, 3.8) is 0 Å². The molecule has 1 aliphatic carbocycles. The lowest BCUT2D eigenvalue weighted by Gasteiger charge is -2.31. The molecule has 4 atom stereocenters. The highest BCUT2D eigenvalue weighted by Crippen LogP contribution is 2.36. The average Bonchev–Trinajstić information content (AvgIpc) is 2.46. The Morgan fingerprint density at radius 1 is 1.40 bits per heavy atom. The van der Waals surface area contributed by atoms with Crippen LogP contribution in [0, 0.1) is 34.8 Å². The lowest BCUT2D eigenvalue weighted by Crippen LogP contribution is -2.32. The van der Waals surface area contributed by atoms with Crippen LogP contribution in [0.5, 0.6) is 0 Å². The molecule has 1 saturated carbocycles. The number of rotatable bonds is 3. The van der Waals surface area contributed by atoms with Crippen LogP contribution in [0.15, 0.2) is 23.1 Å². The van der Waals surface area contributed by atoms with Gasteiger partial charge in [0.25, 0.3) is 0 Å². The van der Waals surface area contributed by atoms with Crippen molar-refractivity contribution in [1.29, 1.82) is 5.26 Å². The molecule has 20 heavy (non-hydrogen) atoms. The predicted molar refractivity (Wildman–Crippen MR) is 73.3 cm³/mol. The zero-order valence-electron chi connectivity index (χ0n) is 11.3. The van der Waals surface area contributed by atoms with Crippen LogP contribution in [0.4, 0.5) is 8.78 Å². The first-order valence-electron chi connectivity index (χ1n) is 6.82. The summed E-state index contributed by atoms with van der Waals surface area (Å²) in [5, 5.41) is 8.83. The van der Waals surface area contributed by atoms with Crippen LogP contribution < -0.4 is 0 Å². The quantitative estimate of drug-likeness (QED) is 0.851. The monoisotopic (exact) mass is 297 g/mol. The summed E-state index contributed by atoms with van der Waals surface area (Å²) in [6, 6.07) is 5.27. The Morgan fingerprint density at radius 3 is 2.75 bits per heavy atom. The predicted octanol–water partition coefficient (Wildman–Crippen LogP) is 3.79. The van der Waals surface area contributed by atoms with Gasteiger partial charge >= 0.3 is 0 Å². The van der Waals surface area contributed by atoms with E-state index in [1.165, 1.54) is 6.07 Å². The lowest BCUT2D eigenvalue weighted by molar-refractivity contribution is 0.313. The van der Waals surface area contributed by atoms with E-state index in [1.54, 1.807) is 0 Å². The second-order valence-corrected chi connectivity index (χ2v) is 6.87. The summed E-state index contributed by atoms with van der Waals surface area (Å²) in [4.78, 5) is 0.00778. The Bertz CT molecular complexity index is 555. The summed E-state index contributed by atoms with van der Waals surface area (Å²) in [6.07, 6.45) is 3.29. The smallest absolute Gasteiger partial charge is 0.142 e. The van der Waals surface area contributed by atoms with Crippen LogP contribution >= 0.6 is 0 Å². The van der Waals surface area contributed by atoms with E-state index in [4.69, 9.17) is 0 Å². The number of benzene rings is 1. The van der Waals surface area contributed by atoms with E-state index in [1.807, 2.05) is 0 Å². The molecule has 1 fully saturated rings. The normalized spacial score (nSPS) is 27.8. The third-order valence-corrected chi connectivity index (χ3v) is 5.86. The molecular weight excluding hydrogens is 280 g/mol. The maximum Gasteiger partial charge on any atom is 0.142 e. The van der Waals surface area contributed by atoms with Crippen LogP contribution in [0.1, 0.15) is 32.6 Å². The first kappa shape index (κ1) is 15.1. The van der Waals surface area contributed by atoms with E-state index >= 15 is 0 Å². The minimum Gasteiger partial charge on any atom is -0.254 e. The summed E-state index contributed by atoms with van der Waals surface area (Å²) in [5.41, 5.74) is 0. The van der Waals surface area contributed by atoms with Gasteiger partial charge in [0.2, 0.25) is 0 Å². The molecule has 0 aromatic heterocycles. The minimum atomic E-state index is -1.61. The van der Waals surface area contributed by atoms with Crippen molar-refractivity contribution in [1.82, 2.24) is 0 Å². The zero-order valence-corrected chi connectivity index (χ0v) is 12.1. The van der Waals surface area contributed by atoms with Crippen LogP contribution in [0.3, 0.4) is 0 Å².